The fourth-order valence-electron chi connectivity index (χ4n) is 3.00. The van der Waals surface area contributed by atoms with E-state index in [0.29, 0.717) is 18.7 Å². The molecule has 8 heteroatoms. The molecule has 1 aliphatic heterocycles. The highest BCUT2D eigenvalue weighted by molar-refractivity contribution is 7.89. The van der Waals surface area contributed by atoms with Crippen molar-refractivity contribution in [1.82, 2.24) is 4.31 Å². The number of sulfonamides is 1. The number of benzene rings is 2. The van der Waals surface area contributed by atoms with Gasteiger partial charge in [0.1, 0.15) is 5.75 Å². The highest BCUT2D eigenvalue weighted by atomic mass is 35.5. The molecule has 0 unspecified atom stereocenters. The Kier molecular flexibility index (Phi) is 6.17. The number of esters is 1. The monoisotopic (exact) mass is 421 g/mol. The average molecular weight is 422 g/mol. The molecule has 6 nitrogen and oxygen atoms in total. The first-order valence-electron chi connectivity index (χ1n) is 8.92. The first kappa shape index (κ1) is 20.5. The molecule has 28 heavy (non-hydrogen) atoms. The molecular formula is C20H20ClNO5S. The van der Waals surface area contributed by atoms with Crippen molar-refractivity contribution < 1.29 is 22.7 Å². The van der Waals surface area contributed by atoms with E-state index in [1.54, 1.807) is 12.1 Å². The Morgan fingerprint density at radius 1 is 1.00 bits per heavy atom. The predicted molar refractivity (Wildman–Crippen MR) is 105 cm³/mol. The van der Waals surface area contributed by atoms with E-state index < -0.39 is 16.0 Å². The zero-order valence-electron chi connectivity index (χ0n) is 15.4. The van der Waals surface area contributed by atoms with Gasteiger partial charge in [0, 0.05) is 18.7 Å². The molecule has 1 aliphatic rings. The summed E-state index contributed by atoms with van der Waals surface area (Å²) in [4.78, 5) is 23.9. The van der Waals surface area contributed by atoms with Crippen molar-refractivity contribution in [2.75, 3.05) is 13.1 Å². The molecule has 148 valence electrons. The Balaban J connectivity index is 1.84. The van der Waals surface area contributed by atoms with Crippen molar-refractivity contribution in [3.8, 4) is 5.75 Å². The highest BCUT2D eigenvalue weighted by Gasteiger charge is 2.27. The number of carbonyl (C=O) groups excluding carboxylic acids is 2. The number of carbonyl (C=O) groups is 2. The standard InChI is InChI=1S/C20H20ClNO5S/c1-14(23)15-5-7-16(8-6-15)27-20(24)18-13-17(9-10-19(18)21)28(25,26)22-11-3-2-4-12-22/h5-10,13H,2-4,11-12H2,1H3. The summed E-state index contributed by atoms with van der Waals surface area (Å²) < 4.78 is 32.4. The summed E-state index contributed by atoms with van der Waals surface area (Å²) in [5.74, 6) is -0.636. The van der Waals surface area contributed by atoms with Gasteiger partial charge in [-0.3, -0.25) is 4.79 Å². The third kappa shape index (κ3) is 4.43. The van der Waals surface area contributed by atoms with E-state index in [9.17, 15) is 18.0 Å². The molecule has 1 heterocycles. The number of piperidine rings is 1. The molecule has 0 aromatic heterocycles. The number of nitrogens with zero attached hydrogens (tertiary/aromatic N) is 1. The smallest absolute Gasteiger partial charge is 0.345 e. The van der Waals surface area contributed by atoms with Crippen LogP contribution < -0.4 is 4.74 Å². The van der Waals surface area contributed by atoms with Crippen molar-refractivity contribution in [2.45, 2.75) is 31.1 Å². The van der Waals surface area contributed by atoms with Crippen LogP contribution >= 0.6 is 11.6 Å². The molecule has 0 bridgehead atoms. The van der Waals surface area contributed by atoms with Gasteiger partial charge in [-0.15, -0.1) is 0 Å². The van der Waals surface area contributed by atoms with E-state index in [1.165, 1.54) is 41.6 Å². The molecular weight excluding hydrogens is 402 g/mol. The van der Waals surface area contributed by atoms with Crippen molar-refractivity contribution in [3.63, 3.8) is 0 Å². The van der Waals surface area contributed by atoms with Crippen molar-refractivity contribution in [1.29, 1.82) is 0 Å². The first-order chi connectivity index (χ1) is 13.3. The molecule has 0 saturated carbocycles. The zero-order valence-corrected chi connectivity index (χ0v) is 16.9. The molecule has 3 rings (SSSR count). The minimum absolute atomic E-state index is 0.0117. The summed E-state index contributed by atoms with van der Waals surface area (Å²) in [5, 5.41) is 0.1000. The van der Waals surface area contributed by atoms with Crippen LogP contribution in [0.15, 0.2) is 47.4 Å². The number of halogens is 1. The normalized spacial score (nSPS) is 15.2. The van der Waals surface area contributed by atoms with E-state index in [-0.39, 0.29) is 27.0 Å². The quantitative estimate of drug-likeness (QED) is 0.415. The maximum Gasteiger partial charge on any atom is 0.345 e. The second-order valence-electron chi connectivity index (χ2n) is 6.58. The lowest BCUT2D eigenvalue weighted by atomic mass is 10.1. The predicted octanol–water partition coefficient (Wildman–Crippen LogP) is 3.94. The van der Waals surface area contributed by atoms with Gasteiger partial charge in [-0.25, -0.2) is 13.2 Å². The molecule has 0 aliphatic carbocycles. The van der Waals surface area contributed by atoms with Crippen LogP contribution in [-0.2, 0) is 10.0 Å². The minimum Gasteiger partial charge on any atom is -0.423 e. The van der Waals surface area contributed by atoms with Crippen LogP contribution in [0, 0.1) is 0 Å². The number of hydrogen-bond donors (Lipinski definition) is 0. The topological polar surface area (TPSA) is 80.8 Å². The van der Waals surface area contributed by atoms with Gasteiger partial charge in [-0.2, -0.15) is 4.31 Å². The Morgan fingerprint density at radius 2 is 1.64 bits per heavy atom. The van der Waals surface area contributed by atoms with Gasteiger partial charge in [-0.1, -0.05) is 18.0 Å². The summed E-state index contributed by atoms with van der Waals surface area (Å²) in [6.07, 6.45) is 2.64. The fraction of sp³-hybridized carbons (Fsp3) is 0.300. The van der Waals surface area contributed by atoms with Crippen molar-refractivity contribution in [2.24, 2.45) is 0 Å². The van der Waals surface area contributed by atoms with E-state index in [1.807, 2.05) is 0 Å². The summed E-state index contributed by atoms with van der Waals surface area (Å²) in [6, 6.07) is 10.1. The third-order valence-electron chi connectivity index (χ3n) is 4.58. The Morgan fingerprint density at radius 3 is 2.25 bits per heavy atom. The zero-order chi connectivity index (χ0) is 20.3. The molecule has 1 fully saturated rings. The number of hydrogen-bond acceptors (Lipinski definition) is 5. The molecule has 2 aromatic carbocycles. The fourth-order valence-corrected chi connectivity index (χ4v) is 4.73. The van der Waals surface area contributed by atoms with Crippen LogP contribution in [-0.4, -0.2) is 37.6 Å². The van der Waals surface area contributed by atoms with Gasteiger partial charge in [0.05, 0.1) is 15.5 Å². The van der Waals surface area contributed by atoms with Gasteiger partial charge in [-0.05, 0) is 62.2 Å². The summed E-state index contributed by atoms with van der Waals surface area (Å²) in [5.41, 5.74) is 0.461. The molecule has 0 N–H and O–H groups in total. The van der Waals surface area contributed by atoms with Crippen LogP contribution in [0.3, 0.4) is 0 Å². The first-order valence-corrected chi connectivity index (χ1v) is 10.7. The lowest BCUT2D eigenvalue weighted by molar-refractivity contribution is 0.0734. The second kappa shape index (κ2) is 8.43. The molecule has 0 radical (unpaired) electrons. The van der Waals surface area contributed by atoms with E-state index in [2.05, 4.69) is 0 Å². The van der Waals surface area contributed by atoms with Gasteiger partial charge in [0.2, 0.25) is 10.0 Å². The Hall–Kier alpha value is -2.22. The second-order valence-corrected chi connectivity index (χ2v) is 8.92. The summed E-state index contributed by atoms with van der Waals surface area (Å²) >= 11 is 6.11. The molecule has 0 spiro atoms. The van der Waals surface area contributed by atoms with Crippen LogP contribution in [0.5, 0.6) is 5.75 Å². The number of ketones is 1. The maximum absolute atomic E-state index is 12.8. The van der Waals surface area contributed by atoms with Crippen LogP contribution in [0.25, 0.3) is 0 Å². The average Bonchev–Trinajstić information content (AvgIpc) is 2.69. The number of ether oxygens (including phenoxy) is 1. The number of Topliss-reactive ketones (excluding diaryl/α,β-unsaturated/α-hetero) is 1. The molecule has 1 saturated heterocycles. The molecule has 2 aromatic rings. The van der Waals surface area contributed by atoms with Crippen molar-refractivity contribution in [3.05, 3.63) is 58.6 Å². The minimum atomic E-state index is -3.69. The summed E-state index contributed by atoms with van der Waals surface area (Å²) in [7, 11) is -3.69. The van der Waals surface area contributed by atoms with Gasteiger partial charge < -0.3 is 4.74 Å². The van der Waals surface area contributed by atoms with E-state index >= 15 is 0 Å². The largest absolute Gasteiger partial charge is 0.423 e. The van der Waals surface area contributed by atoms with E-state index in [4.69, 9.17) is 16.3 Å². The third-order valence-corrected chi connectivity index (χ3v) is 6.81. The molecule has 0 atom stereocenters. The molecule has 0 amide bonds. The SMILES string of the molecule is CC(=O)c1ccc(OC(=O)c2cc(S(=O)(=O)N3CCCCC3)ccc2Cl)cc1. The highest BCUT2D eigenvalue weighted by Crippen LogP contribution is 2.26. The van der Waals surface area contributed by atoms with Crippen LogP contribution in [0.1, 0.15) is 46.9 Å². The number of rotatable bonds is 5. The summed E-state index contributed by atoms with van der Waals surface area (Å²) in [6.45, 7) is 2.37. The van der Waals surface area contributed by atoms with Gasteiger partial charge >= 0.3 is 5.97 Å². The maximum atomic E-state index is 12.8. The Labute approximate surface area is 169 Å². The van der Waals surface area contributed by atoms with Crippen molar-refractivity contribution >= 4 is 33.4 Å². The lowest BCUT2D eigenvalue weighted by Crippen LogP contribution is -2.35. The van der Waals surface area contributed by atoms with E-state index in [0.717, 1.165) is 19.3 Å². The Bertz CT molecular complexity index is 996. The van der Waals surface area contributed by atoms with Gasteiger partial charge in [0.15, 0.2) is 5.78 Å². The van der Waals surface area contributed by atoms with Crippen LogP contribution in [0.2, 0.25) is 5.02 Å². The van der Waals surface area contributed by atoms with Crippen LogP contribution in [0.4, 0.5) is 0 Å². The van der Waals surface area contributed by atoms with Gasteiger partial charge in [0.25, 0.3) is 0 Å². The lowest BCUT2D eigenvalue weighted by Gasteiger charge is -2.26.